The number of carboxylic acids is 1. The lowest BCUT2D eigenvalue weighted by Gasteiger charge is -2.14. The van der Waals surface area contributed by atoms with Crippen molar-refractivity contribution < 1.29 is 9.90 Å². The maximum atomic E-state index is 10.1. The van der Waals surface area contributed by atoms with E-state index >= 15 is 0 Å². The lowest BCUT2D eigenvalue weighted by Crippen LogP contribution is -2.24. The molecule has 1 N–H and O–H groups in total. The monoisotopic (exact) mass is 190 g/mol. The Bertz CT molecular complexity index is 117. The topological polar surface area (TPSA) is 37.3 Å². The van der Waals surface area contributed by atoms with E-state index in [1.165, 1.54) is 6.92 Å². The first kappa shape index (κ1) is 9.34. The Hall–Kier alpha value is 0.340. The highest BCUT2D eigenvalue weighted by Crippen LogP contribution is 2.34. The molecule has 1 unspecified atom stereocenters. The maximum Gasteiger partial charge on any atom is 0.310 e. The highest BCUT2D eigenvalue weighted by Gasteiger charge is 2.33. The number of carboxylic acid groups (broad SMARTS) is 1. The second-order valence-electron chi connectivity index (χ2n) is 1.60. The Morgan fingerprint density at radius 1 is 1.56 bits per heavy atom. The van der Waals surface area contributed by atoms with Crippen LogP contribution in [0.4, 0.5) is 0 Å². The Labute approximate surface area is 67.7 Å². The van der Waals surface area contributed by atoms with Gasteiger partial charge in [-0.15, -0.1) is 0 Å². The summed E-state index contributed by atoms with van der Waals surface area (Å²) >= 11 is 15.7. The van der Waals surface area contributed by atoms with Gasteiger partial charge in [-0.05, 0) is 6.92 Å². The van der Waals surface area contributed by atoms with Crippen molar-refractivity contribution in [2.24, 2.45) is 5.92 Å². The van der Waals surface area contributed by atoms with Crippen molar-refractivity contribution in [1.29, 1.82) is 0 Å². The SMILES string of the molecule is CC(C(=O)O)C(Cl)(Cl)Cl. The van der Waals surface area contributed by atoms with E-state index in [1.54, 1.807) is 0 Å². The molecule has 0 aromatic rings. The standard InChI is InChI=1S/C4H5Cl3O2/c1-2(3(8)9)4(5,6)7/h2H,1H3,(H,8,9). The van der Waals surface area contributed by atoms with E-state index in [0.29, 0.717) is 0 Å². The third kappa shape index (κ3) is 3.14. The molecule has 0 amide bonds. The van der Waals surface area contributed by atoms with E-state index in [9.17, 15) is 4.79 Å². The molecule has 2 nitrogen and oxygen atoms in total. The highest BCUT2D eigenvalue weighted by molar-refractivity contribution is 6.68. The van der Waals surface area contributed by atoms with Gasteiger partial charge in [-0.1, -0.05) is 34.8 Å². The Kier molecular flexibility index (Phi) is 3.06. The summed E-state index contributed by atoms with van der Waals surface area (Å²) in [6, 6.07) is 0. The summed E-state index contributed by atoms with van der Waals surface area (Å²) in [5.41, 5.74) is 0. The first-order valence-corrected chi connectivity index (χ1v) is 3.28. The van der Waals surface area contributed by atoms with Crippen LogP contribution >= 0.6 is 34.8 Å². The molecule has 0 aromatic carbocycles. The molecule has 0 heterocycles. The molecule has 0 fully saturated rings. The number of hydrogen-bond donors (Lipinski definition) is 1. The predicted molar refractivity (Wildman–Crippen MR) is 37.1 cm³/mol. The van der Waals surface area contributed by atoms with Gasteiger partial charge in [0.2, 0.25) is 3.79 Å². The van der Waals surface area contributed by atoms with Crippen molar-refractivity contribution in [3.63, 3.8) is 0 Å². The van der Waals surface area contributed by atoms with E-state index in [2.05, 4.69) is 0 Å². The average molecular weight is 191 g/mol. The summed E-state index contributed by atoms with van der Waals surface area (Å²) < 4.78 is -1.70. The third-order valence-corrected chi connectivity index (χ3v) is 1.84. The fraction of sp³-hybridized carbons (Fsp3) is 0.750. The molecule has 0 radical (unpaired) electrons. The number of hydrogen-bond acceptors (Lipinski definition) is 1. The second-order valence-corrected chi connectivity index (χ2v) is 3.97. The van der Waals surface area contributed by atoms with Crippen LogP contribution in [0.25, 0.3) is 0 Å². The zero-order valence-electron chi connectivity index (χ0n) is 4.57. The van der Waals surface area contributed by atoms with Crippen molar-refractivity contribution in [3.05, 3.63) is 0 Å². The lowest BCUT2D eigenvalue weighted by atomic mass is 10.2. The van der Waals surface area contributed by atoms with E-state index in [0.717, 1.165) is 0 Å². The number of alkyl halides is 3. The number of aliphatic carboxylic acids is 1. The smallest absolute Gasteiger partial charge is 0.310 e. The summed E-state index contributed by atoms with van der Waals surface area (Å²) in [6.45, 7) is 1.33. The van der Waals surface area contributed by atoms with Gasteiger partial charge in [0.05, 0.1) is 0 Å². The number of carbonyl (C=O) groups is 1. The number of halogens is 3. The minimum atomic E-state index is -1.70. The molecule has 0 aliphatic carbocycles. The minimum absolute atomic E-state index is 0.970. The molecule has 54 valence electrons. The van der Waals surface area contributed by atoms with E-state index < -0.39 is 15.7 Å². The van der Waals surface area contributed by atoms with Crippen molar-refractivity contribution in [2.75, 3.05) is 0 Å². The van der Waals surface area contributed by atoms with E-state index in [4.69, 9.17) is 39.9 Å². The van der Waals surface area contributed by atoms with Crippen LogP contribution in [0, 0.1) is 5.92 Å². The molecule has 0 saturated carbocycles. The molecule has 0 bridgehead atoms. The van der Waals surface area contributed by atoms with E-state index in [-0.39, 0.29) is 0 Å². The van der Waals surface area contributed by atoms with Crippen LogP contribution < -0.4 is 0 Å². The van der Waals surface area contributed by atoms with Crippen LogP contribution in [0.1, 0.15) is 6.92 Å². The molecule has 0 aliphatic rings. The quantitative estimate of drug-likeness (QED) is 0.644. The zero-order valence-corrected chi connectivity index (χ0v) is 6.83. The third-order valence-electron chi connectivity index (χ3n) is 0.861. The summed E-state index contributed by atoms with van der Waals surface area (Å²) in [5, 5.41) is 8.26. The molecule has 0 spiro atoms. The van der Waals surface area contributed by atoms with Gasteiger partial charge < -0.3 is 5.11 Å². The molecule has 9 heavy (non-hydrogen) atoms. The molecule has 5 heteroatoms. The first-order valence-electron chi connectivity index (χ1n) is 2.15. The van der Waals surface area contributed by atoms with Gasteiger partial charge >= 0.3 is 5.97 Å². The zero-order chi connectivity index (χ0) is 7.65. The van der Waals surface area contributed by atoms with Crippen molar-refractivity contribution in [3.8, 4) is 0 Å². The molecule has 0 aliphatic heterocycles. The Morgan fingerprint density at radius 2 is 1.89 bits per heavy atom. The molecule has 0 saturated heterocycles. The summed E-state index contributed by atoms with van der Waals surface area (Å²) in [4.78, 5) is 10.1. The molecule has 1 atom stereocenters. The minimum Gasteiger partial charge on any atom is -0.481 e. The summed E-state index contributed by atoms with van der Waals surface area (Å²) in [6.07, 6.45) is 0. The van der Waals surface area contributed by atoms with Gasteiger partial charge in [-0.25, -0.2) is 0 Å². The first-order chi connectivity index (χ1) is 3.85. The van der Waals surface area contributed by atoms with Gasteiger partial charge in [0.25, 0.3) is 0 Å². The van der Waals surface area contributed by atoms with Gasteiger partial charge in [0.15, 0.2) is 0 Å². The molecule has 0 rings (SSSR count). The van der Waals surface area contributed by atoms with Crippen molar-refractivity contribution in [1.82, 2.24) is 0 Å². The van der Waals surface area contributed by atoms with Crippen LogP contribution in [-0.2, 0) is 4.79 Å². The molecule has 0 aromatic heterocycles. The molecular formula is C4H5Cl3O2. The van der Waals surface area contributed by atoms with Gasteiger partial charge in [0, 0.05) is 0 Å². The fourth-order valence-electron chi connectivity index (χ4n) is 0.140. The van der Waals surface area contributed by atoms with Crippen LogP contribution in [0.2, 0.25) is 0 Å². The Morgan fingerprint density at radius 3 is 1.89 bits per heavy atom. The lowest BCUT2D eigenvalue weighted by molar-refractivity contribution is -0.140. The van der Waals surface area contributed by atoms with Crippen molar-refractivity contribution >= 4 is 40.8 Å². The second kappa shape index (κ2) is 2.95. The fourth-order valence-corrected chi connectivity index (χ4v) is 0.420. The average Bonchev–Trinajstić information content (AvgIpc) is 1.62. The summed E-state index contributed by atoms with van der Waals surface area (Å²) in [5.74, 6) is -2.09. The molecular weight excluding hydrogens is 186 g/mol. The Balaban J connectivity index is 4.04. The van der Waals surface area contributed by atoms with Gasteiger partial charge in [-0.2, -0.15) is 0 Å². The van der Waals surface area contributed by atoms with Crippen molar-refractivity contribution in [2.45, 2.75) is 10.7 Å². The normalized spacial score (nSPS) is 15.1. The summed E-state index contributed by atoms with van der Waals surface area (Å²) in [7, 11) is 0. The van der Waals surface area contributed by atoms with E-state index in [1.807, 2.05) is 0 Å². The maximum absolute atomic E-state index is 10.1. The highest BCUT2D eigenvalue weighted by atomic mass is 35.6. The van der Waals surface area contributed by atoms with Crippen LogP contribution in [0.3, 0.4) is 0 Å². The van der Waals surface area contributed by atoms with Gasteiger partial charge in [-0.3, -0.25) is 4.79 Å². The van der Waals surface area contributed by atoms with Crippen LogP contribution in [-0.4, -0.2) is 14.9 Å². The number of rotatable bonds is 1. The largest absolute Gasteiger partial charge is 0.481 e. The predicted octanol–water partition coefficient (Wildman–Crippen LogP) is 2.08. The van der Waals surface area contributed by atoms with Crippen LogP contribution in [0.15, 0.2) is 0 Å². The van der Waals surface area contributed by atoms with Gasteiger partial charge in [0.1, 0.15) is 5.92 Å². The van der Waals surface area contributed by atoms with Crippen LogP contribution in [0.5, 0.6) is 0 Å².